The number of carbonyl (C=O) groups excluding carboxylic acids is 1. The molecule has 3 N–H and O–H groups in total. The maximum absolute atomic E-state index is 11.8. The fourth-order valence-corrected chi connectivity index (χ4v) is 2.31. The topological polar surface area (TPSA) is 78.4 Å². The number of hydrogen-bond donors (Lipinski definition) is 3. The second-order valence-corrected chi connectivity index (χ2v) is 5.77. The zero-order valence-electron chi connectivity index (χ0n) is 12.1. The van der Waals surface area contributed by atoms with Gasteiger partial charge in [-0.25, -0.2) is 9.59 Å². The summed E-state index contributed by atoms with van der Waals surface area (Å²) in [5, 5.41) is 14.2. The Balaban J connectivity index is 1.88. The number of aliphatic carboxylic acids is 1. The van der Waals surface area contributed by atoms with E-state index < -0.39 is 5.97 Å². The monoisotopic (exact) mass is 288 g/mol. The van der Waals surface area contributed by atoms with Crippen LogP contribution in [-0.2, 0) is 4.79 Å². The molecule has 0 atom stereocenters. The van der Waals surface area contributed by atoms with Crippen molar-refractivity contribution in [2.24, 2.45) is 5.41 Å². The summed E-state index contributed by atoms with van der Waals surface area (Å²) in [7, 11) is 0. The van der Waals surface area contributed by atoms with Gasteiger partial charge in [0.25, 0.3) is 0 Å². The van der Waals surface area contributed by atoms with Crippen molar-refractivity contribution in [1.29, 1.82) is 0 Å². The van der Waals surface area contributed by atoms with Crippen molar-refractivity contribution in [2.45, 2.75) is 26.2 Å². The lowest BCUT2D eigenvalue weighted by Crippen LogP contribution is -2.41. The van der Waals surface area contributed by atoms with Gasteiger partial charge in [0, 0.05) is 18.3 Å². The van der Waals surface area contributed by atoms with E-state index in [2.05, 4.69) is 17.6 Å². The second-order valence-electron chi connectivity index (χ2n) is 5.77. The minimum Gasteiger partial charge on any atom is -0.478 e. The molecule has 112 valence electrons. The van der Waals surface area contributed by atoms with Crippen molar-refractivity contribution in [3.05, 3.63) is 35.9 Å². The van der Waals surface area contributed by atoms with E-state index in [-0.39, 0.29) is 11.4 Å². The summed E-state index contributed by atoms with van der Waals surface area (Å²) >= 11 is 0. The number of amides is 2. The second kappa shape index (κ2) is 6.43. The third kappa shape index (κ3) is 4.63. The number of benzene rings is 1. The Kier molecular flexibility index (Phi) is 4.62. The Labute approximate surface area is 124 Å². The normalized spacial score (nSPS) is 16.2. The van der Waals surface area contributed by atoms with E-state index in [9.17, 15) is 9.59 Å². The maximum atomic E-state index is 11.8. The molecule has 1 saturated carbocycles. The predicted octanol–water partition coefficient (Wildman–Crippen LogP) is 3.10. The zero-order valence-corrected chi connectivity index (χ0v) is 12.1. The number of carboxylic acids is 1. The summed E-state index contributed by atoms with van der Waals surface area (Å²) in [5.74, 6) is -1.00. The summed E-state index contributed by atoms with van der Waals surface area (Å²) in [5.41, 5.74) is 1.60. The lowest BCUT2D eigenvalue weighted by Gasteiger charge is -2.38. The fraction of sp³-hybridized carbons (Fsp3) is 0.375. The van der Waals surface area contributed by atoms with Gasteiger partial charge in [-0.05, 0) is 42.0 Å². The number of anilines is 1. The van der Waals surface area contributed by atoms with E-state index in [1.54, 1.807) is 24.3 Å². The number of hydrogen-bond acceptors (Lipinski definition) is 2. The molecule has 1 aromatic rings. The van der Waals surface area contributed by atoms with Crippen LogP contribution in [0.1, 0.15) is 31.7 Å². The minimum absolute atomic E-state index is 0.234. The third-order valence-electron chi connectivity index (χ3n) is 3.80. The molecule has 0 saturated heterocycles. The van der Waals surface area contributed by atoms with Crippen LogP contribution in [0.3, 0.4) is 0 Å². The average molecular weight is 288 g/mol. The van der Waals surface area contributed by atoms with Gasteiger partial charge < -0.3 is 15.7 Å². The van der Waals surface area contributed by atoms with Crippen LogP contribution in [0.4, 0.5) is 10.5 Å². The first kappa shape index (κ1) is 15.1. The summed E-state index contributed by atoms with van der Waals surface area (Å²) < 4.78 is 0. The molecule has 5 heteroatoms. The molecule has 0 unspecified atom stereocenters. The van der Waals surface area contributed by atoms with Crippen LogP contribution < -0.4 is 10.6 Å². The molecule has 0 heterocycles. The minimum atomic E-state index is -1.00. The Bertz CT molecular complexity index is 562. The van der Waals surface area contributed by atoms with Crippen LogP contribution in [0.25, 0.3) is 6.08 Å². The Morgan fingerprint density at radius 3 is 2.76 bits per heavy atom. The van der Waals surface area contributed by atoms with Crippen LogP contribution in [0, 0.1) is 5.41 Å². The first-order chi connectivity index (χ1) is 9.97. The van der Waals surface area contributed by atoms with E-state index >= 15 is 0 Å². The highest BCUT2D eigenvalue weighted by Crippen LogP contribution is 2.39. The summed E-state index contributed by atoms with van der Waals surface area (Å²) in [6.07, 6.45) is 6.10. The molecule has 2 amide bonds. The number of urea groups is 1. The van der Waals surface area contributed by atoms with Crippen molar-refractivity contribution in [3.63, 3.8) is 0 Å². The van der Waals surface area contributed by atoms with Gasteiger partial charge in [-0.2, -0.15) is 0 Å². The summed E-state index contributed by atoms with van der Waals surface area (Å²) in [4.78, 5) is 22.3. The average Bonchev–Trinajstić information content (AvgIpc) is 2.41. The van der Waals surface area contributed by atoms with E-state index in [4.69, 9.17) is 5.11 Å². The first-order valence-corrected chi connectivity index (χ1v) is 7.03. The van der Waals surface area contributed by atoms with Gasteiger partial charge in [-0.1, -0.05) is 25.5 Å². The molecule has 1 aliphatic carbocycles. The van der Waals surface area contributed by atoms with Gasteiger partial charge in [0.2, 0.25) is 0 Å². The molecule has 0 spiro atoms. The van der Waals surface area contributed by atoms with Crippen molar-refractivity contribution in [1.82, 2.24) is 5.32 Å². The SMILES string of the molecule is CC1(CNC(=O)Nc2cccc(/C=C/C(=O)O)c2)CCC1. The van der Waals surface area contributed by atoms with E-state index in [0.717, 1.165) is 24.5 Å². The highest BCUT2D eigenvalue weighted by atomic mass is 16.4. The molecule has 1 aromatic carbocycles. The molecule has 0 aliphatic heterocycles. The standard InChI is InChI=1S/C16H20N2O3/c1-16(8-3-9-16)11-17-15(21)18-13-5-2-4-12(10-13)6-7-14(19)20/h2,4-7,10H,3,8-9,11H2,1H3,(H,19,20)(H2,17,18,21)/b7-6+. The number of rotatable bonds is 5. The zero-order chi connectivity index (χ0) is 15.3. The van der Waals surface area contributed by atoms with Crippen molar-refractivity contribution >= 4 is 23.8 Å². The lowest BCUT2D eigenvalue weighted by atomic mass is 9.70. The molecule has 5 nitrogen and oxygen atoms in total. The van der Waals surface area contributed by atoms with E-state index in [1.165, 1.54) is 12.5 Å². The smallest absolute Gasteiger partial charge is 0.328 e. The highest BCUT2D eigenvalue weighted by molar-refractivity contribution is 5.90. The van der Waals surface area contributed by atoms with E-state index in [1.807, 2.05) is 0 Å². The molecular formula is C16H20N2O3. The van der Waals surface area contributed by atoms with Gasteiger partial charge >= 0.3 is 12.0 Å². The molecule has 1 aliphatic rings. The van der Waals surface area contributed by atoms with Crippen LogP contribution in [0.2, 0.25) is 0 Å². The van der Waals surface area contributed by atoms with Gasteiger partial charge in [-0.15, -0.1) is 0 Å². The molecule has 2 rings (SSSR count). The molecule has 0 radical (unpaired) electrons. The van der Waals surface area contributed by atoms with Gasteiger partial charge in [-0.3, -0.25) is 0 Å². The highest BCUT2D eigenvalue weighted by Gasteiger charge is 2.31. The largest absolute Gasteiger partial charge is 0.478 e. The number of nitrogens with one attached hydrogen (secondary N) is 2. The van der Waals surface area contributed by atoms with Crippen LogP contribution in [0.5, 0.6) is 0 Å². The third-order valence-corrected chi connectivity index (χ3v) is 3.80. The molecule has 1 fully saturated rings. The number of carboxylic acid groups (broad SMARTS) is 1. The molecule has 0 aromatic heterocycles. The molecular weight excluding hydrogens is 268 g/mol. The number of carbonyl (C=O) groups is 2. The van der Waals surface area contributed by atoms with Crippen LogP contribution >= 0.6 is 0 Å². The summed E-state index contributed by atoms with van der Waals surface area (Å²) in [6.45, 7) is 2.85. The Morgan fingerprint density at radius 1 is 1.38 bits per heavy atom. The Hall–Kier alpha value is -2.30. The Morgan fingerprint density at radius 2 is 2.14 bits per heavy atom. The molecule has 21 heavy (non-hydrogen) atoms. The van der Waals surface area contributed by atoms with Gasteiger partial charge in [0.05, 0.1) is 0 Å². The van der Waals surface area contributed by atoms with Crippen LogP contribution in [-0.4, -0.2) is 23.7 Å². The van der Waals surface area contributed by atoms with Crippen molar-refractivity contribution in [2.75, 3.05) is 11.9 Å². The summed E-state index contributed by atoms with van der Waals surface area (Å²) in [6, 6.07) is 6.80. The quantitative estimate of drug-likeness (QED) is 0.728. The van der Waals surface area contributed by atoms with Crippen molar-refractivity contribution < 1.29 is 14.7 Å². The predicted molar refractivity (Wildman–Crippen MR) is 82.1 cm³/mol. The molecule has 0 bridgehead atoms. The van der Waals surface area contributed by atoms with E-state index in [0.29, 0.717) is 12.2 Å². The van der Waals surface area contributed by atoms with Crippen LogP contribution in [0.15, 0.2) is 30.3 Å². The maximum Gasteiger partial charge on any atom is 0.328 e. The first-order valence-electron chi connectivity index (χ1n) is 7.03. The lowest BCUT2D eigenvalue weighted by molar-refractivity contribution is -0.131. The van der Waals surface area contributed by atoms with Gasteiger partial charge in [0.1, 0.15) is 0 Å². The van der Waals surface area contributed by atoms with Gasteiger partial charge in [0.15, 0.2) is 0 Å². The fourth-order valence-electron chi connectivity index (χ4n) is 2.31. The van der Waals surface area contributed by atoms with Crippen molar-refractivity contribution in [3.8, 4) is 0 Å².